The Kier molecular flexibility index (Phi) is 5.88. The summed E-state index contributed by atoms with van der Waals surface area (Å²) >= 11 is 0. The third-order valence-electron chi connectivity index (χ3n) is 4.46. The number of unbranched alkanes of at least 4 members (excludes halogenated alkanes) is 1. The van der Waals surface area contributed by atoms with Crippen LogP contribution in [0, 0.1) is 0 Å². The number of rotatable bonds is 7. The van der Waals surface area contributed by atoms with E-state index in [4.69, 9.17) is 0 Å². The van der Waals surface area contributed by atoms with Crippen molar-refractivity contribution < 1.29 is 4.79 Å². The first-order chi connectivity index (χ1) is 12.3. The number of anilines is 3. The predicted octanol–water partition coefficient (Wildman–Crippen LogP) is 4.15. The average Bonchev–Trinajstić information content (AvgIpc) is 3.17. The SMILES string of the molecule is CCCCNc1cncc(C(=O)Nc2ccc(N3CCCC3)cc2)c1. The molecule has 132 valence electrons. The maximum atomic E-state index is 12.4. The van der Waals surface area contributed by atoms with Crippen LogP contribution in [0.2, 0.25) is 0 Å². The van der Waals surface area contributed by atoms with E-state index in [1.807, 2.05) is 18.2 Å². The van der Waals surface area contributed by atoms with Gasteiger partial charge in [0.1, 0.15) is 0 Å². The number of carbonyl (C=O) groups excluding carboxylic acids is 1. The van der Waals surface area contributed by atoms with Gasteiger partial charge in [-0.05, 0) is 49.6 Å². The van der Waals surface area contributed by atoms with Gasteiger partial charge in [-0.2, -0.15) is 0 Å². The summed E-state index contributed by atoms with van der Waals surface area (Å²) in [6.07, 6.45) is 8.09. The Balaban J connectivity index is 1.60. The van der Waals surface area contributed by atoms with Crippen LogP contribution in [0.3, 0.4) is 0 Å². The Morgan fingerprint density at radius 2 is 1.88 bits per heavy atom. The Morgan fingerprint density at radius 1 is 1.12 bits per heavy atom. The molecule has 0 radical (unpaired) electrons. The summed E-state index contributed by atoms with van der Waals surface area (Å²) in [5, 5.41) is 6.24. The summed E-state index contributed by atoms with van der Waals surface area (Å²) in [5.41, 5.74) is 3.46. The van der Waals surface area contributed by atoms with E-state index in [2.05, 4.69) is 39.6 Å². The fraction of sp³-hybridized carbons (Fsp3) is 0.400. The minimum absolute atomic E-state index is 0.138. The molecule has 1 aliphatic rings. The van der Waals surface area contributed by atoms with Crippen molar-refractivity contribution in [2.24, 2.45) is 0 Å². The first-order valence-electron chi connectivity index (χ1n) is 9.11. The summed E-state index contributed by atoms with van der Waals surface area (Å²) in [4.78, 5) is 19.0. The molecule has 1 amide bonds. The van der Waals surface area contributed by atoms with Gasteiger partial charge in [0.05, 0.1) is 11.3 Å². The van der Waals surface area contributed by atoms with E-state index in [0.717, 1.165) is 43.9 Å². The Bertz CT molecular complexity index is 693. The molecule has 2 aromatic rings. The molecule has 5 heteroatoms. The molecule has 2 heterocycles. The molecule has 1 saturated heterocycles. The van der Waals surface area contributed by atoms with Crippen LogP contribution in [-0.2, 0) is 0 Å². The molecule has 0 unspecified atom stereocenters. The molecular formula is C20H26N4O. The number of nitrogens with zero attached hydrogens (tertiary/aromatic N) is 2. The van der Waals surface area contributed by atoms with Gasteiger partial charge in [0.25, 0.3) is 5.91 Å². The van der Waals surface area contributed by atoms with Crippen molar-refractivity contribution in [2.45, 2.75) is 32.6 Å². The molecule has 1 aromatic carbocycles. The molecule has 0 saturated carbocycles. The van der Waals surface area contributed by atoms with Gasteiger partial charge in [-0.1, -0.05) is 13.3 Å². The highest BCUT2D eigenvalue weighted by Crippen LogP contribution is 2.22. The van der Waals surface area contributed by atoms with Gasteiger partial charge >= 0.3 is 0 Å². The molecule has 3 rings (SSSR count). The van der Waals surface area contributed by atoms with Crippen molar-refractivity contribution in [3.63, 3.8) is 0 Å². The van der Waals surface area contributed by atoms with Gasteiger partial charge in [0.2, 0.25) is 0 Å². The van der Waals surface area contributed by atoms with Gasteiger partial charge in [-0.25, -0.2) is 0 Å². The molecule has 0 spiro atoms. The second-order valence-electron chi connectivity index (χ2n) is 6.44. The van der Waals surface area contributed by atoms with E-state index in [1.165, 1.54) is 18.5 Å². The molecular weight excluding hydrogens is 312 g/mol. The maximum Gasteiger partial charge on any atom is 0.257 e. The largest absolute Gasteiger partial charge is 0.384 e. The van der Waals surface area contributed by atoms with Gasteiger partial charge in [0, 0.05) is 43.4 Å². The van der Waals surface area contributed by atoms with E-state index in [1.54, 1.807) is 12.4 Å². The molecule has 0 atom stereocenters. The monoisotopic (exact) mass is 338 g/mol. The lowest BCUT2D eigenvalue weighted by molar-refractivity contribution is 0.102. The van der Waals surface area contributed by atoms with Crippen LogP contribution in [-0.4, -0.2) is 30.5 Å². The first kappa shape index (κ1) is 17.3. The maximum absolute atomic E-state index is 12.4. The van der Waals surface area contributed by atoms with Crippen LogP contribution in [0.5, 0.6) is 0 Å². The number of hydrogen-bond acceptors (Lipinski definition) is 4. The zero-order chi connectivity index (χ0) is 17.5. The Hall–Kier alpha value is -2.56. The lowest BCUT2D eigenvalue weighted by Crippen LogP contribution is -2.17. The van der Waals surface area contributed by atoms with Gasteiger partial charge in [-0.15, -0.1) is 0 Å². The van der Waals surface area contributed by atoms with Crippen molar-refractivity contribution in [3.05, 3.63) is 48.3 Å². The number of benzene rings is 1. The van der Waals surface area contributed by atoms with E-state index in [0.29, 0.717) is 5.56 Å². The van der Waals surface area contributed by atoms with Crippen LogP contribution in [0.15, 0.2) is 42.7 Å². The highest BCUT2D eigenvalue weighted by Gasteiger charge is 2.12. The zero-order valence-electron chi connectivity index (χ0n) is 14.8. The molecule has 2 N–H and O–H groups in total. The second-order valence-corrected chi connectivity index (χ2v) is 6.44. The lowest BCUT2D eigenvalue weighted by Gasteiger charge is -2.17. The topological polar surface area (TPSA) is 57.3 Å². The van der Waals surface area contributed by atoms with E-state index >= 15 is 0 Å². The summed E-state index contributed by atoms with van der Waals surface area (Å²) in [6.45, 7) is 5.28. The van der Waals surface area contributed by atoms with Crippen LogP contribution < -0.4 is 15.5 Å². The predicted molar refractivity (Wildman–Crippen MR) is 103 cm³/mol. The van der Waals surface area contributed by atoms with Gasteiger partial charge < -0.3 is 15.5 Å². The number of carbonyl (C=O) groups is 1. The number of nitrogens with one attached hydrogen (secondary N) is 2. The van der Waals surface area contributed by atoms with Crippen LogP contribution in [0.1, 0.15) is 43.0 Å². The number of amides is 1. The summed E-state index contributed by atoms with van der Waals surface area (Å²) in [6, 6.07) is 9.91. The third kappa shape index (κ3) is 4.72. The second kappa shape index (κ2) is 8.51. The van der Waals surface area contributed by atoms with Crippen molar-refractivity contribution in [1.82, 2.24) is 4.98 Å². The average molecular weight is 338 g/mol. The number of pyridine rings is 1. The first-order valence-corrected chi connectivity index (χ1v) is 9.11. The van der Waals surface area contributed by atoms with Crippen LogP contribution in [0.25, 0.3) is 0 Å². The normalized spacial score (nSPS) is 13.7. The van der Waals surface area contributed by atoms with E-state index in [-0.39, 0.29) is 5.91 Å². The fourth-order valence-electron chi connectivity index (χ4n) is 3.00. The standard InChI is InChI=1S/C20H26N4O/c1-2-3-10-22-18-13-16(14-21-15-18)20(25)23-17-6-8-19(9-7-17)24-11-4-5-12-24/h6-9,13-15,22H,2-5,10-12H2,1H3,(H,23,25). The number of hydrogen-bond donors (Lipinski definition) is 2. The number of aromatic nitrogens is 1. The van der Waals surface area contributed by atoms with Crippen molar-refractivity contribution in [2.75, 3.05) is 35.2 Å². The lowest BCUT2D eigenvalue weighted by atomic mass is 10.2. The Morgan fingerprint density at radius 3 is 2.60 bits per heavy atom. The summed E-state index contributed by atoms with van der Waals surface area (Å²) < 4.78 is 0. The molecule has 0 aliphatic carbocycles. The quantitative estimate of drug-likeness (QED) is 0.745. The van der Waals surface area contributed by atoms with Gasteiger partial charge in [-0.3, -0.25) is 9.78 Å². The smallest absolute Gasteiger partial charge is 0.257 e. The van der Waals surface area contributed by atoms with Crippen molar-refractivity contribution >= 4 is 23.0 Å². The fourth-order valence-corrected chi connectivity index (χ4v) is 3.00. The van der Waals surface area contributed by atoms with E-state index < -0.39 is 0 Å². The zero-order valence-corrected chi connectivity index (χ0v) is 14.8. The minimum Gasteiger partial charge on any atom is -0.384 e. The molecule has 5 nitrogen and oxygen atoms in total. The molecule has 0 bridgehead atoms. The summed E-state index contributed by atoms with van der Waals surface area (Å²) in [5.74, 6) is -0.138. The van der Waals surface area contributed by atoms with Crippen molar-refractivity contribution in [1.29, 1.82) is 0 Å². The van der Waals surface area contributed by atoms with E-state index in [9.17, 15) is 4.79 Å². The molecule has 1 aromatic heterocycles. The van der Waals surface area contributed by atoms with Crippen LogP contribution >= 0.6 is 0 Å². The van der Waals surface area contributed by atoms with Crippen LogP contribution in [0.4, 0.5) is 17.1 Å². The van der Waals surface area contributed by atoms with Crippen molar-refractivity contribution in [3.8, 4) is 0 Å². The highest BCUT2D eigenvalue weighted by atomic mass is 16.1. The highest BCUT2D eigenvalue weighted by molar-refractivity contribution is 6.04. The molecule has 25 heavy (non-hydrogen) atoms. The molecule has 1 fully saturated rings. The van der Waals surface area contributed by atoms with Gasteiger partial charge in [0.15, 0.2) is 0 Å². The Labute approximate surface area is 149 Å². The molecule has 1 aliphatic heterocycles. The minimum atomic E-state index is -0.138. The third-order valence-corrected chi connectivity index (χ3v) is 4.46. The summed E-state index contributed by atoms with van der Waals surface area (Å²) in [7, 11) is 0.